The number of allylic oxidation sites excluding steroid dienone is 6. The van der Waals surface area contributed by atoms with E-state index in [4.69, 9.17) is 9.98 Å². The van der Waals surface area contributed by atoms with Crippen molar-refractivity contribution in [1.82, 2.24) is 0 Å². The van der Waals surface area contributed by atoms with Crippen LogP contribution in [0.25, 0.3) is 0 Å². The fourth-order valence-electron chi connectivity index (χ4n) is 4.91. The van der Waals surface area contributed by atoms with E-state index < -0.39 is 0 Å². The quantitative estimate of drug-likeness (QED) is 0.0548. The summed E-state index contributed by atoms with van der Waals surface area (Å²) in [5, 5.41) is 0. The molecule has 3 heteroatoms. The fourth-order valence-corrected chi connectivity index (χ4v) is 4.91. The summed E-state index contributed by atoms with van der Waals surface area (Å²) in [4.78, 5) is 9.91. The Labute approximate surface area is 268 Å². The molecular formula is C39H56N2Ni. The molecule has 0 aliphatic carbocycles. The molecule has 0 N–H and O–H groups in total. The summed E-state index contributed by atoms with van der Waals surface area (Å²) in [5.41, 5.74) is 5.51. The zero-order valence-electron chi connectivity index (χ0n) is 26.7. The third-order valence-corrected chi connectivity index (χ3v) is 7.35. The Balaban J connectivity index is 0.00000882. The number of aliphatic imine (C=N–C) groups is 2. The molecule has 0 fully saturated rings. The van der Waals surface area contributed by atoms with Gasteiger partial charge in [0.15, 0.2) is 0 Å². The normalized spacial score (nSPS) is 12.3. The molecular weight excluding hydrogens is 555 g/mol. The molecule has 0 aliphatic rings. The Bertz CT molecular complexity index is 1090. The van der Waals surface area contributed by atoms with Crippen molar-refractivity contribution in [3.05, 3.63) is 96.1 Å². The Morgan fingerprint density at radius 2 is 1.07 bits per heavy atom. The predicted molar refractivity (Wildman–Crippen MR) is 185 cm³/mol. The van der Waals surface area contributed by atoms with E-state index in [1.165, 1.54) is 88.2 Å². The van der Waals surface area contributed by atoms with Crippen LogP contribution in [0.2, 0.25) is 0 Å². The topological polar surface area (TPSA) is 24.7 Å². The van der Waals surface area contributed by atoms with E-state index in [-0.39, 0.29) is 16.5 Å². The maximum Gasteiger partial charge on any atom is 0.0816 e. The Morgan fingerprint density at radius 1 is 0.595 bits per heavy atom. The summed E-state index contributed by atoms with van der Waals surface area (Å²) in [7, 11) is 0. The summed E-state index contributed by atoms with van der Waals surface area (Å²) in [6.07, 6.45) is 35.3. The molecule has 0 spiro atoms. The van der Waals surface area contributed by atoms with Gasteiger partial charge in [-0.1, -0.05) is 132 Å². The first-order chi connectivity index (χ1) is 20.3. The second-order valence-electron chi connectivity index (χ2n) is 11.0. The molecule has 0 aliphatic heterocycles. The average molecular weight is 612 g/mol. The molecule has 0 amide bonds. The molecule has 0 unspecified atom stereocenters. The van der Waals surface area contributed by atoms with Crippen LogP contribution in [0.3, 0.4) is 0 Å². The minimum atomic E-state index is 0. The zero-order chi connectivity index (χ0) is 29.2. The van der Waals surface area contributed by atoms with E-state index in [1.807, 2.05) is 25.3 Å². The minimum absolute atomic E-state index is 0. The van der Waals surface area contributed by atoms with Crippen LogP contribution in [-0.4, -0.2) is 11.9 Å². The number of rotatable bonds is 22. The van der Waals surface area contributed by atoms with Gasteiger partial charge in [-0.15, -0.1) is 0 Å². The van der Waals surface area contributed by atoms with Crippen molar-refractivity contribution in [2.75, 3.05) is 0 Å². The van der Waals surface area contributed by atoms with E-state index in [9.17, 15) is 0 Å². The van der Waals surface area contributed by atoms with Crippen molar-refractivity contribution in [3.63, 3.8) is 0 Å². The fraction of sp³-hybridized carbons (Fsp3) is 0.487. The number of benzene rings is 2. The largest absolute Gasteiger partial charge is 0.254 e. The second kappa shape index (κ2) is 26.1. The predicted octanol–water partition coefficient (Wildman–Crippen LogP) is 12.4. The molecule has 2 rings (SSSR count). The molecule has 0 aromatic heterocycles. The van der Waals surface area contributed by atoms with Crippen molar-refractivity contribution in [2.45, 2.75) is 124 Å². The molecule has 0 saturated carbocycles. The molecule has 232 valence electrons. The van der Waals surface area contributed by atoms with Gasteiger partial charge in [-0.25, -0.2) is 4.99 Å². The molecule has 0 heterocycles. The third kappa shape index (κ3) is 17.4. The number of para-hydroxylation sites is 2. The van der Waals surface area contributed by atoms with E-state index in [0.29, 0.717) is 0 Å². The van der Waals surface area contributed by atoms with Gasteiger partial charge in [0.1, 0.15) is 0 Å². The van der Waals surface area contributed by atoms with E-state index in [2.05, 4.69) is 86.7 Å². The van der Waals surface area contributed by atoms with Crippen LogP contribution in [0.5, 0.6) is 0 Å². The van der Waals surface area contributed by atoms with Crippen LogP contribution in [0.4, 0.5) is 11.4 Å². The number of unbranched alkanes of at least 4 members (excludes halogenated alkanes) is 10. The molecule has 0 radical (unpaired) electrons. The van der Waals surface area contributed by atoms with Crippen LogP contribution >= 0.6 is 0 Å². The monoisotopic (exact) mass is 610 g/mol. The molecule has 0 atom stereocenters. The van der Waals surface area contributed by atoms with Crippen molar-refractivity contribution in [3.8, 4) is 0 Å². The standard InChI is InChI=1S/C39H56N2.Ni/c1-4-7-9-11-13-15-17-19-21-28-35-30-23-25-32-38(35)40-34-37(27-6-3)41-39-33-26-24-31-36(39)29-22-20-18-16-14-12-10-8-5-2;/h6,17-20,23-27,30-34H,4-5,7-16,21-22,28-29H2,1-3H3;/b19-17+,20-18+,27-6-,40-34+,41-37-;. The van der Waals surface area contributed by atoms with Crippen LogP contribution in [0.15, 0.2) is 95.0 Å². The molecule has 0 saturated heterocycles. The van der Waals surface area contributed by atoms with Gasteiger partial charge in [0.2, 0.25) is 0 Å². The van der Waals surface area contributed by atoms with Gasteiger partial charge in [-0.2, -0.15) is 0 Å². The van der Waals surface area contributed by atoms with Crippen molar-refractivity contribution in [2.24, 2.45) is 9.98 Å². The van der Waals surface area contributed by atoms with E-state index in [0.717, 1.165) is 42.8 Å². The molecule has 2 nitrogen and oxygen atoms in total. The first kappa shape index (κ1) is 37.5. The number of hydrogen-bond donors (Lipinski definition) is 0. The van der Waals surface area contributed by atoms with Gasteiger partial charge in [-0.3, -0.25) is 4.99 Å². The second-order valence-corrected chi connectivity index (χ2v) is 11.0. The first-order valence-electron chi connectivity index (χ1n) is 16.5. The third-order valence-electron chi connectivity index (χ3n) is 7.35. The minimum Gasteiger partial charge on any atom is -0.254 e. The van der Waals surface area contributed by atoms with Gasteiger partial charge in [0.05, 0.1) is 23.3 Å². The molecule has 0 bridgehead atoms. The van der Waals surface area contributed by atoms with Crippen molar-refractivity contribution in [1.29, 1.82) is 0 Å². The van der Waals surface area contributed by atoms with Crippen LogP contribution < -0.4 is 0 Å². The number of aryl methyl sites for hydroxylation is 2. The maximum absolute atomic E-state index is 5.02. The number of nitrogens with zero attached hydrogens (tertiary/aromatic N) is 2. The number of hydrogen-bond acceptors (Lipinski definition) is 2. The first-order valence-corrected chi connectivity index (χ1v) is 16.5. The Kier molecular flexibility index (Phi) is 23.4. The summed E-state index contributed by atoms with van der Waals surface area (Å²) in [5.74, 6) is 0. The van der Waals surface area contributed by atoms with Crippen LogP contribution in [0.1, 0.15) is 122 Å². The van der Waals surface area contributed by atoms with Gasteiger partial charge in [0.25, 0.3) is 0 Å². The Hall–Kier alpha value is -2.51. The summed E-state index contributed by atoms with van der Waals surface area (Å²) >= 11 is 0. The molecule has 42 heavy (non-hydrogen) atoms. The van der Waals surface area contributed by atoms with Crippen LogP contribution in [-0.2, 0) is 29.3 Å². The summed E-state index contributed by atoms with van der Waals surface area (Å²) in [6.45, 7) is 6.58. The van der Waals surface area contributed by atoms with Gasteiger partial charge in [-0.05, 0) is 87.6 Å². The molecule has 2 aromatic rings. The smallest absolute Gasteiger partial charge is 0.0816 e. The van der Waals surface area contributed by atoms with Crippen molar-refractivity contribution < 1.29 is 16.5 Å². The Morgan fingerprint density at radius 3 is 1.62 bits per heavy atom. The summed E-state index contributed by atoms with van der Waals surface area (Å²) in [6, 6.07) is 17.0. The maximum atomic E-state index is 5.02. The SMILES string of the molecule is C\C=C/C(/C=N/c1ccccc1CC/C=C/CCCCCCC)=N/c1ccccc1CC/C=C/CCCCCCC.[Ni]. The van der Waals surface area contributed by atoms with Gasteiger partial charge >= 0.3 is 0 Å². The summed E-state index contributed by atoms with van der Waals surface area (Å²) < 4.78 is 0. The average Bonchev–Trinajstić information content (AvgIpc) is 2.99. The van der Waals surface area contributed by atoms with Gasteiger partial charge < -0.3 is 0 Å². The van der Waals surface area contributed by atoms with Gasteiger partial charge in [0, 0.05) is 16.5 Å². The van der Waals surface area contributed by atoms with Crippen LogP contribution in [0, 0.1) is 0 Å². The van der Waals surface area contributed by atoms with E-state index in [1.54, 1.807) is 0 Å². The zero-order valence-corrected chi connectivity index (χ0v) is 27.7. The molecule has 2 aromatic carbocycles. The van der Waals surface area contributed by atoms with E-state index >= 15 is 0 Å². The van der Waals surface area contributed by atoms with Crippen molar-refractivity contribution >= 4 is 23.3 Å².